The fourth-order valence-corrected chi connectivity index (χ4v) is 1.36. The van der Waals surface area contributed by atoms with Crippen molar-refractivity contribution in [1.82, 2.24) is 21.3 Å². The number of hydrogen-bond donors (Lipinski definition) is 6. The molecular weight excluding hydrogens is 204 g/mol. The standard InChI is InChI=1S/C10H28N6/c1-4-13-7-10(14-5-2)16-9(12)6-15-8(3)11/h8-10,13-16H,4-7,11-12H2,1-3H3. The van der Waals surface area contributed by atoms with Gasteiger partial charge in [-0.05, 0) is 20.0 Å². The van der Waals surface area contributed by atoms with E-state index in [2.05, 4.69) is 35.1 Å². The summed E-state index contributed by atoms with van der Waals surface area (Å²) in [5.74, 6) is 0. The highest BCUT2D eigenvalue weighted by Crippen LogP contribution is 1.80. The third kappa shape index (κ3) is 9.02. The van der Waals surface area contributed by atoms with E-state index in [0.29, 0.717) is 6.54 Å². The van der Waals surface area contributed by atoms with Crippen molar-refractivity contribution in [2.24, 2.45) is 11.5 Å². The first-order valence-corrected chi connectivity index (χ1v) is 6.04. The molecule has 0 aromatic rings. The van der Waals surface area contributed by atoms with Crippen LogP contribution in [0.4, 0.5) is 0 Å². The average molecular weight is 232 g/mol. The zero-order chi connectivity index (χ0) is 12.4. The molecule has 0 aliphatic rings. The molecule has 3 atom stereocenters. The van der Waals surface area contributed by atoms with Crippen LogP contribution in [0.3, 0.4) is 0 Å². The minimum absolute atomic E-state index is 0.0285. The lowest BCUT2D eigenvalue weighted by molar-refractivity contribution is 0.349. The highest BCUT2D eigenvalue weighted by Gasteiger charge is 2.10. The lowest BCUT2D eigenvalue weighted by atomic mass is 10.4. The molecule has 0 aromatic heterocycles. The van der Waals surface area contributed by atoms with E-state index in [0.717, 1.165) is 19.6 Å². The molecule has 0 saturated carbocycles. The smallest absolute Gasteiger partial charge is 0.0712 e. The molecule has 0 radical (unpaired) electrons. The second kappa shape index (κ2) is 9.95. The van der Waals surface area contributed by atoms with E-state index in [1.807, 2.05) is 6.92 Å². The lowest BCUT2D eigenvalue weighted by Crippen LogP contribution is -2.58. The maximum atomic E-state index is 5.93. The number of nitrogens with two attached hydrogens (primary N) is 2. The Morgan fingerprint density at radius 1 is 1.00 bits per heavy atom. The summed E-state index contributed by atoms with van der Waals surface area (Å²) in [6.07, 6.45) is 0.0581. The Labute approximate surface area is 98.9 Å². The zero-order valence-electron chi connectivity index (χ0n) is 10.7. The summed E-state index contributed by atoms with van der Waals surface area (Å²) in [5.41, 5.74) is 11.5. The number of hydrogen-bond acceptors (Lipinski definition) is 6. The highest BCUT2D eigenvalue weighted by atomic mass is 15.2. The van der Waals surface area contributed by atoms with E-state index in [-0.39, 0.29) is 18.5 Å². The first-order chi connectivity index (χ1) is 7.60. The van der Waals surface area contributed by atoms with Gasteiger partial charge in [0.15, 0.2) is 0 Å². The minimum Gasteiger partial charge on any atom is -0.316 e. The SMILES string of the molecule is CCNCC(NCC)NC(N)CNC(C)N. The maximum Gasteiger partial charge on any atom is 0.0712 e. The zero-order valence-corrected chi connectivity index (χ0v) is 10.7. The van der Waals surface area contributed by atoms with Crippen molar-refractivity contribution in [3.8, 4) is 0 Å². The van der Waals surface area contributed by atoms with Crippen LogP contribution in [0.1, 0.15) is 20.8 Å². The Bertz CT molecular complexity index is 152. The van der Waals surface area contributed by atoms with E-state index in [9.17, 15) is 0 Å². The van der Waals surface area contributed by atoms with Gasteiger partial charge < -0.3 is 22.1 Å². The summed E-state index contributed by atoms with van der Waals surface area (Å²) in [7, 11) is 0. The van der Waals surface area contributed by atoms with Gasteiger partial charge in [0, 0.05) is 13.1 Å². The molecule has 16 heavy (non-hydrogen) atoms. The van der Waals surface area contributed by atoms with Gasteiger partial charge >= 0.3 is 0 Å². The fraction of sp³-hybridized carbons (Fsp3) is 1.00. The molecule has 0 bridgehead atoms. The minimum atomic E-state index is -0.103. The van der Waals surface area contributed by atoms with Crippen molar-refractivity contribution in [1.29, 1.82) is 0 Å². The summed E-state index contributed by atoms with van der Waals surface area (Å²) < 4.78 is 0. The molecule has 0 amide bonds. The summed E-state index contributed by atoms with van der Waals surface area (Å²) in [6.45, 7) is 9.44. The van der Waals surface area contributed by atoms with Gasteiger partial charge in [-0.15, -0.1) is 0 Å². The molecule has 0 aromatic carbocycles. The molecule has 0 heterocycles. The summed E-state index contributed by atoms with van der Waals surface area (Å²) in [4.78, 5) is 0. The van der Waals surface area contributed by atoms with Crippen LogP contribution >= 0.6 is 0 Å². The highest BCUT2D eigenvalue weighted by molar-refractivity contribution is 4.72. The largest absolute Gasteiger partial charge is 0.316 e. The molecule has 8 N–H and O–H groups in total. The molecule has 0 aliphatic carbocycles. The van der Waals surface area contributed by atoms with Crippen molar-refractivity contribution in [3.63, 3.8) is 0 Å². The van der Waals surface area contributed by atoms with Crippen molar-refractivity contribution in [2.45, 2.75) is 39.3 Å². The fourth-order valence-electron chi connectivity index (χ4n) is 1.36. The molecule has 0 fully saturated rings. The van der Waals surface area contributed by atoms with E-state index >= 15 is 0 Å². The second-order valence-corrected chi connectivity index (χ2v) is 3.89. The van der Waals surface area contributed by atoms with Crippen LogP contribution in [-0.4, -0.2) is 44.7 Å². The molecule has 0 saturated heterocycles. The molecule has 0 spiro atoms. The van der Waals surface area contributed by atoms with Crippen LogP contribution < -0.4 is 32.7 Å². The molecular formula is C10H28N6. The van der Waals surface area contributed by atoms with Crippen molar-refractivity contribution in [3.05, 3.63) is 0 Å². The van der Waals surface area contributed by atoms with Crippen molar-refractivity contribution >= 4 is 0 Å². The van der Waals surface area contributed by atoms with Gasteiger partial charge in [-0.2, -0.15) is 0 Å². The van der Waals surface area contributed by atoms with Crippen LogP contribution in [0, 0.1) is 0 Å². The normalized spacial score (nSPS) is 17.1. The first kappa shape index (κ1) is 15.8. The van der Waals surface area contributed by atoms with Crippen LogP contribution in [0.15, 0.2) is 0 Å². The van der Waals surface area contributed by atoms with Crippen LogP contribution in [-0.2, 0) is 0 Å². The van der Waals surface area contributed by atoms with Gasteiger partial charge in [0.1, 0.15) is 0 Å². The van der Waals surface area contributed by atoms with Crippen molar-refractivity contribution < 1.29 is 0 Å². The Hall–Kier alpha value is -0.240. The Morgan fingerprint density at radius 2 is 1.69 bits per heavy atom. The molecule has 0 rings (SSSR count). The van der Waals surface area contributed by atoms with E-state index in [4.69, 9.17) is 11.5 Å². The first-order valence-electron chi connectivity index (χ1n) is 6.04. The predicted octanol–water partition coefficient (Wildman–Crippen LogP) is -1.70. The Morgan fingerprint density at radius 3 is 2.19 bits per heavy atom. The molecule has 0 aliphatic heterocycles. The quantitative estimate of drug-likeness (QED) is 0.251. The molecule has 6 heteroatoms. The van der Waals surface area contributed by atoms with E-state index < -0.39 is 0 Å². The van der Waals surface area contributed by atoms with Gasteiger partial charge in [-0.3, -0.25) is 10.6 Å². The summed E-state index contributed by atoms with van der Waals surface area (Å²) >= 11 is 0. The summed E-state index contributed by atoms with van der Waals surface area (Å²) in [5, 5.41) is 13.0. The number of nitrogens with one attached hydrogen (secondary N) is 4. The molecule has 6 nitrogen and oxygen atoms in total. The van der Waals surface area contributed by atoms with E-state index in [1.54, 1.807) is 0 Å². The lowest BCUT2D eigenvalue weighted by Gasteiger charge is -2.25. The van der Waals surface area contributed by atoms with Gasteiger partial charge in [-0.1, -0.05) is 13.8 Å². The predicted molar refractivity (Wildman–Crippen MR) is 68.8 cm³/mol. The van der Waals surface area contributed by atoms with Gasteiger partial charge in [0.05, 0.1) is 18.5 Å². The third-order valence-corrected chi connectivity index (χ3v) is 2.12. The van der Waals surface area contributed by atoms with Gasteiger partial charge in [0.25, 0.3) is 0 Å². The Kier molecular flexibility index (Phi) is 9.80. The topological polar surface area (TPSA) is 100 Å². The second-order valence-electron chi connectivity index (χ2n) is 3.89. The maximum absolute atomic E-state index is 5.93. The van der Waals surface area contributed by atoms with Crippen LogP contribution in [0.2, 0.25) is 0 Å². The van der Waals surface area contributed by atoms with Gasteiger partial charge in [-0.25, -0.2) is 0 Å². The van der Waals surface area contributed by atoms with E-state index in [1.165, 1.54) is 0 Å². The Balaban J connectivity index is 3.77. The number of rotatable bonds is 10. The van der Waals surface area contributed by atoms with Crippen molar-refractivity contribution in [2.75, 3.05) is 26.2 Å². The average Bonchev–Trinajstić information content (AvgIpc) is 2.23. The monoisotopic (exact) mass is 232 g/mol. The molecule has 98 valence electrons. The van der Waals surface area contributed by atoms with Gasteiger partial charge in [0.2, 0.25) is 0 Å². The number of likely N-dealkylation sites (N-methyl/N-ethyl adjacent to an activating group) is 2. The summed E-state index contributed by atoms with van der Waals surface area (Å²) in [6, 6.07) is 0. The third-order valence-electron chi connectivity index (χ3n) is 2.12. The molecule has 3 unspecified atom stereocenters. The van der Waals surface area contributed by atoms with Crippen LogP contribution in [0.25, 0.3) is 0 Å². The van der Waals surface area contributed by atoms with Crippen LogP contribution in [0.5, 0.6) is 0 Å².